The molecular weight excluding hydrogens is 316 g/mol. The van der Waals surface area contributed by atoms with Crippen LogP contribution in [0.3, 0.4) is 0 Å². The Morgan fingerprint density at radius 3 is 2.30 bits per heavy atom. The van der Waals surface area contributed by atoms with Gasteiger partial charge < -0.3 is 10.1 Å². The molecule has 0 saturated heterocycles. The van der Waals surface area contributed by atoms with E-state index in [0.29, 0.717) is 28.3 Å². The number of benzene rings is 2. The first-order valence-corrected chi connectivity index (χ1v) is 8.72. The number of hydrogen-bond acceptors (Lipinski definition) is 4. The number of methoxy groups -OCH3 is 1. The van der Waals surface area contributed by atoms with Crippen LogP contribution in [0.4, 0.5) is 11.4 Å². The molecule has 0 aliphatic rings. The molecule has 2 rings (SSSR count). The second kappa shape index (κ2) is 6.70. The Hall–Kier alpha value is -2.54. The number of aryl methyl sites for hydroxylation is 1. The third-order valence-electron chi connectivity index (χ3n) is 3.13. The van der Waals surface area contributed by atoms with Crippen LogP contribution in [0, 0.1) is 6.92 Å². The van der Waals surface area contributed by atoms with Gasteiger partial charge in [0.2, 0.25) is 10.0 Å². The van der Waals surface area contributed by atoms with Gasteiger partial charge in [-0.25, -0.2) is 8.42 Å². The highest BCUT2D eigenvalue weighted by atomic mass is 32.2. The molecule has 0 heterocycles. The van der Waals surface area contributed by atoms with Gasteiger partial charge in [0.25, 0.3) is 5.91 Å². The van der Waals surface area contributed by atoms with Crippen molar-refractivity contribution >= 4 is 27.3 Å². The lowest BCUT2D eigenvalue weighted by Gasteiger charge is -2.15. The van der Waals surface area contributed by atoms with Crippen molar-refractivity contribution in [3.63, 3.8) is 0 Å². The Balaban J connectivity index is 2.32. The van der Waals surface area contributed by atoms with Gasteiger partial charge in [-0.05, 0) is 30.7 Å². The molecular formula is C16H18N2O4S. The fraction of sp³-hybridized carbons (Fsp3) is 0.188. The normalized spacial score (nSPS) is 10.9. The van der Waals surface area contributed by atoms with Crippen LogP contribution >= 0.6 is 0 Å². The molecule has 2 aromatic rings. The van der Waals surface area contributed by atoms with E-state index in [-0.39, 0.29) is 5.91 Å². The van der Waals surface area contributed by atoms with Crippen LogP contribution in [0.2, 0.25) is 0 Å². The van der Waals surface area contributed by atoms with Crippen LogP contribution in [-0.4, -0.2) is 27.7 Å². The monoisotopic (exact) mass is 334 g/mol. The lowest BCUT2D eigenvalue weighted by atomic mass is 10.1. The van der Waals surface area contributed by atoms with E-state index >= 15 is 0 Å². The lowest BCUT2D eigenvalue weighted by Crippen LogP contribution is -2.14. The zero-order valence-corrected chi connectivity index (χ0v) is 13.9. The molecule has 7 heteroatoms. The van der Waals surface area contributed by atoms with Crippen molar-refractivity contribution < 1.29 is 17.9 Å². The highest BCUT2D eigenvalue weighted by molar-refractivity contribution is 7.92. The first kappa shape index (κ1) is 16.8. The van der Waals surface area contributed by atoms with Crippen molar-refractivity contribution in [2.75, 3.05) is 23.4 Å². The average molecular weight is 334 g/mol. The third-order valence-corrected chi connectivity index (χ3v) is 3.72. The molecule has 0 saturated carbocycles. The van der Waals surface area contributed by atoms with Gasteiger partial charge in [0.05, 0.1) is 19.1 Å². The van der Waals surface area contributed by atoms with Gasteiger partial charge in [-0.1, -0.05) is 18.2 Å². The Labute approximate surface area is 135 Å². The van der Waals surface area contributed by atoms with E-state index in [2.05, 4.69) is 10.0 Å². The van der Waals surface area contributed by atoms with Gasteiger partial charge in [-0.15, -0.1) is 0 Å². The number of amides is 1. The summed E-state index contributed by atoms with van der Waals surface area (Å²) in [5.41, 5.74) is 2.12. The van der Waals surface area contributed by atoms with Gasteiger partial charge in [0, 0.05) is 17.3 Å². The van der Waals surface area contributed by atoms with E-state index in [1.165, 1.54) is 7.11 Å². The summed E-state index contributed by atoms with van der Waals surface area (Å²) in [7, 11) is -1.99. The SMILES string of the molecule is COc1cc(NC(=O)c2ccccc2)c(C)cc1NS(C)(=O)=O. The van der Waals surface area contributed by atoms with Crippen LogP contribution in [0.5, 0.6) is 5.75 Å². The molecule has 0 aliphatic heterocycles. The maximum absolute atomic E-state index is 12.2. The van der Waals surface area contributed by atoms with Gasteiger partial charge in [0.15, 0.2) is 0 Å². The summed E-state index contributed by atoms with van der Waals surface area (Å²) in [6, 6.07) is 12.0. The van der Waals surface area contributed by atoms with E-state index in [0.717, 1.165) is 6.26 Å². The van der Waals surface area contributed by atoms with Crippen LogP contribution in [0.1, 0.15) is 15.9 Å². The second-order valence-electron chi connectivity index (χ2n) is 5.06. The molecule has 2 aromatic carbocycles. The lowest BCUT2D eigenvalue weighted by molar-refractivity contribution is 0.102. The molecule has 2 N–H and O–H groups in total. The number of sulfonamides is 1. The molecule has 0 radical (unpaired) electrons. The van der Waals surface area contributed by atoms with Gasteiger partial charge in [-0.3, -0.25) is 9.52 Å². The molecule has 0 bridgehead atoms. The molecule has 0 aromatic heterocycles. The number of ether oxygens (including phenoxy) is 1. The molecule has 122 valence electrons. The fourth-order valence-corrected chi connectivity index (χ4v) is 2.61. The fourth-order valence-electron chi connectivity index (χ4n) is 2.06. The van der Waals surface area contributed by atoms with Gasteiger partial charge >= 0.3 is 0 Å². The number of nitrogens with one attached hydrogen (secondary N) is 2. The Morgan fingerprint density at radius 2 is 1.74 bits per heavy atom. The van der Waals surface area contributed by atoms with Crippen LogP contribution in [-0.2, 0) is 10.0 Å². The summed E-state index contributed by atoms with van der Waals surface area (Å²) in [4.78, 5) is 12.2. The minimum absolute atomic E-state index is 0.250. The smallest absolute Gasteiger partial charge is 0.255 e. The van der Waals surface area contributed by atoms with Crippen molar-refractivity contribution in [2.45, 2.75) is 6.92 Å². The first-order valence-electron chi connectivity index (χ1n) is 6.83. The van der Waals surface area contributed by atoms with E-state index in [9.17, 15) is 13.2 Å². The zero-order valence-electron chi connectivity index (χ0n) is 13.1. The van der Waals surface area contributed by atoms with Crippen molar-refractivity contribution in [3.8, 4) is 5.75 Å². The van der Waals surface area contributed by atoms with Crippen LogP contribution in [0.25, 0.3) is 0 Å². The second-order valence-corrected chi connectivity index (χ2v) is 6.81. The maximum atomic E-state index is 12.2. The highest BCUT2D eigenvalue weighted by Gasteiger charge is 2.14. The Bertz CT molecular complexity index is 817. The van der Waals surface area contributed by atoms with Crippen LogP contribution < -0.4 is 14.8 Å². The minimum atomic E-state index is -3.42. The van der Waals surface area contributed by atoms with E-state index in [1.807, 2.05) is 6.07 Å². The first-order chi connectivity index (χ1) is 10.8. The van der Waals surface area contributed by atoms with Gasteiger partial charge in [-0.2, -0.15) is 0 Å². The topological polar surface area (TPSA) is 84.5 Å². The predicted molar refractivity (Wildman–Crippen MR) is 90.6 cm³/mol. The number of anilines is 2. The molecule has 6 nitrogen and oxygen atoms in total. The van der Waals surface area contributed by atoms with E-state index in [4.69, 9.17) is 4.74 Å². The van der Waals surface area contributed by atoms with E-state index < -0.39 is 10.0 Å². The zero-order chi connectivity index (χ0) is 17.0. The summed E-state index contributed by atoms with van der Waals surface area (Å²) in [5.74, 6) is 0.0731. The van der Waals surface area contributed by atoms with Crippen molar-refractivity contribution in [1.29, 1.82) is 0 Å². The summed E-state index contributed by atoms with van der Waals surface area (Å²) in [5, 5.41) is 2.80. The number of rotatable bonds is 5. The van der Waals surface area contributed by atoms with Crippen molar-refractivity contribution in [3.05, 3.63) is 53.6 Å². The number of carbonyl (C=O) groups is 1. The van der Waals surface area contributed by atoms with E-state index in [1.54, 1.807) is 43.3 Å². The molecule has 0 spiro atoms. The Kier molecular flexibility index (Phi) is 4.90. The molecule has 1 amide bonds. The third kappa shape index (κ3) is 4.46. The molecule has 0 aliphatic carbocycles. The molecule has 23 heavy (non-hydrogen) atoms. The molecule has 0 unspecified atom stereocenters. The van der Waals surface area contributed by atoms with Crippen molar-refractivity contribution in [2.24, 2.45) is 0 Å². The summed E-state index contributed by atoms with van der Waals surface area (Å²) < 4.78 is 30.4. The highest BCUT2D eigenvalue weighted by Crippen LogP contribution is 2.32. The largest absolute Gasteiger partial charge is 0.494 e. The predicted octanol–water partition coefficient (Wildman–Crippen LogP) is 2.63. The number of hydrogen-bond donors (Lipinski definition) is 2. The Morgan fingerprint density at radius 1 is 1.09 bits per heavy atom. The maximum Gasteiger partial charge on any atom is 0.255 e. The van der Waals surface area contributed by atoms with Crippen LogP contribution in [0.15, 0.2) is 42.5 Å². The minimum Gasteiger partial charge on any atom is -0.494 e. The van der Waals surface area contributed by atoms with Gasteiger partial charge in [0.1, 0.15) is 5.75 Å². The number of carbonyl (C=O) groups excluding carboxylic acids is 1. The standard InChI is InChI=1S/C16H18N2O4S/c1-11-9-14(18-23(3,20)21)15(22-2)10-13(11)17-16(19)12-7-5-4-6-8-12/h4-10,18H,1-3H3,(H,17,19). The summed E-state index contributed by atoms with van der Waals surface area (Å²) in [6.07, 6.45) is 1.06. The quantitative estimate of drug-likeness (QED) is 0.880. The summed E-state index contributed by atoms with van der Waals surface area (Å²) in [6.45, 7) is 1.77. The summed E-state index contributed by atoms with van der Waals surface area (Å²) >= 11 is 0. The average Bonchev–Trinajstić information content (AvgIpc) is 2.49. The molecule has 0 fully saturated rings. The molecule has 0 atom stereocenters. The van der Waals surface area contributed by atoms with Crippen molar-refractivity contribution in [1.82, 2.24) is 0 Å².